The van der Waals surface area contributed by atoms with Crippen LogP contribution in [0.25, 0.3) is 0 Å². The molecule has 0 unspecified atom stereocenters. The maximum absolute atomic E-state index is 11.9. The van der Waals surface area contributed by atoms with E-state index in [9.17, 15) is 9.90 Å². The molecule has 0 saturated carbocycles. The van der Waals surface area contributed by atoms with Crippen molar-refractivity contribution in [1.82, 2.24) is 10.6 Å². The molecular formula is C18H32N4O2. The fourth-order valence-corrected chi connectivity index (χ4v) is 2.56. The monoisotopic (exact) mass is 336 g/mol. The summed E-state index contributed by atoms with van der Waals surface area (Å²) in [5, 5.41) is 15.7. The van der Waals surface area contributed by atoms with Crippen LogP contribution in [0.1, 0.15) is 37.7 Å². The van der Waals surface area contributed by atoms with E-state index in [1.165, 1.54) is 0 Å². The molecule has 24 heavy (non-hydrogen) atoms. The van der Waals surface area contributed by atoms with Crippen LogP contribution < -0.4 is 22.1 Å². The van der Waals surface area contributed by atoms with Crippen LogP contribution in [0.3, 0.4) is 0 Å². The first-order valence-corrected chi connectivity index (χ1v) is 8.83. The number of benzene rings is 1. The average Bonchev–Trinajstić information content (AvgIpc) is 2.58. The van der Waals surface area contributed by atoms with Gasteiger partial charge in [0.2, 0.25) is 5.91 Å². The van der Waals surface area contributed by atoms with Crippen LogP contribution in [0.2, 0.25) is 0 Å². The number of nitrogens with two attached hydrogens (primary N) is 2. The molecule has 1 aromatic rings. The number of phenolic OH excluding ortho intramolecular Hbond substituents is 1. The van der Waals surface area contributed by atoms with E-state index in [1.54, 1.807) is 24.3 Å². The SMILES string of the molecule is NCCCC(CCCN)NCCCNC(=O)Cc1ccc(O)cc1. The van der Waals surface area contributed by atoms with Crippen molar-refractivity contribution in [2.45, 2.75) is 44.6 Å². The number of phenols is 1. The van der Waals surface area contributed by atoms with Gasteiger partial charge in [-0.25, -0.2) is 0 Å². The second-order valence-electron chi connectivity index (χ2n) is 6.06. The molecule has 0 aliphatic carbocycles. The quantitative estimate of drug-likeness (QED) is 0.343. The summed E-state index contributed by atoms with van der Waals surface area (Å²) >= 11 is 0. The third-order valence-electron chi connectivity index (χ3n) is 3.92. The number of amides is 1. The van der Waals surface area contributed by atoms with Crippen LogP contribution in [-0.2, 0) is 11.2 Å². The lowest BCUT2D eigenvalue weighted by Gasteiger charge is -2.18. The van der Waals surface area contributed by atoms with Crippen molar-refractivity contribution in [2.24, 2.45) is 11.5 Å². The van der Waals surface area contributed by atoms with Crippen molar-refractivity contribution >= 4 is 5.91 Å². The molecule has 0 aliphatic heterocycles. The van der Waals surface area contributed by atoms with E-state index in [0.717, 1.165) is 44.2 Å². The second-order valence-corrected chi connectivity index (χ2v) is 6.06. The maximum Gasteiger partial charge on any atom is 0.224 e. The van der Waals surface area contributed by atoms with Crippen LogP contribution in [0.15, 0.2) is 24.3 Å². The Hall–Kier alpha value is -1.63. The van der Waals surface area contributed by atoms with Gasteiger partial charge in [-0.15, -0.1) is 0 Å². The van der Waals surface area contributed by atoms with Gasteiger partial charge in [0.1, 0.15) is 5.75 Å². The van der Waals surface area contributed by atoms with Gasteiger partial charge in [0, 0.05) is 12.6 Å². The van der Waals surface area contributed by atoms with Gasteiger partial charge in [-0.05, 0) is 69.4 Å². The van der Waals surface area contributed by atoms with Crippen molar-refractivity contribution in [2.75, 3.05) is 26.2 Å². The van der Waals surface area contributed by atoms with Crippen molar-refractivity contribution in [3.63, 3.8) is 0 Å². The summed E-state index contributed by atoms with van der Waals surface area (Å²) < 4.78 is 0. The lowest BCUT2D eigenvalue weighted by Crippen LogP contribution is -2.34. The first-order chi connectivity index (χ1) is 11.7. The van der Waals surface area contributed by atoms with Gasteiger partial charge in [-0.1, -0.05) is 12.1 Å². The Kier molecular flexibility index (Phi) is 10.8. The van der Waals surface area contributed by atoms with E-state index >= 15 is 0 Å². The molecular weight excluding hydrogens is 304 g/mol. The minimum absolute atomic E-state index is 0.00324. The van der Waals surface area contributed by atoms with E-state index in [1.807, 2.05) is 0 Å². The Labute approximate surface area is 145 Å². The molecule has 1 aromatic carbocycles. The van der Waals surface area contributed by atoms with Gasteiger partial charge in [0.05, 0.1) is 6.42 Å². The molecule has 1 amide bonds. The molecule has 6 nitrogen and oxygen atoms in total. The zero-order valence-electron chi connectivity index (χ0n) is 14.5. The molecule has 0 spiro atoms. The van der Waals surface area contributed by atoms with E-state index in [4.69, 9.17) is 11.5 Å². The first-order valence-electron chi connectivity index (χ1n) is 8.83. The number of rotatable bonds is 13. The summed E-state index contributed by atoms with van der Waals surface area (Å²) in [5.41, 5.74) is 12.0. The van der Waals surface area contributed by atoms with E-state index < -0.39 is 0 Å². The van der Waals surface area contributed by atoms with Gasteiger partial charge >= 0.3 is 0 Å². The molecule has 0 aromatic heterocycles. The van der Waals surface area contributed by atoms with Gasteiger partial charge in [-0.2, -0.15) is 0 Å². The summed E-state index contributed by atoms with van der Waals surface area (Å²) in [6.07, 6.45) is 5.41. The summed E-state index contributed by atoms with van der Waals surface area (Å²) in [5.74, 6) is 0.215. The lowest BCUT2D eigenvalue weighted by molar-refractivity contribution is -0.120. The van der Waals surface area contributed by atoms with Crippen LogP contribution in [0, 0.1) is 0 Å². The summed E-state index contributed by atoms with van der Waals surface area (Å²) in [6.45, 7) is 2.96. The number of hydrogen-bond acceptors (Lipinski definition) is 5. The molecule has 0 fully saturated rings. The summed E-state index contributed by atoms with van der Waals surface area (Å²) in [4.78, 5) is 11.9. The molecule has 6 heteroatoms. The van der Waals surface area contributed by atoms with Crippen LogP contribution in [-0.4, -0.2) is 43.2 Å². The van der Waals surface area contributed by atoms with E-state index in [2.05, 4.69) is 10.6 Å². The van der Waals surface area contributed by atoms with Gasteiger partial charge < -0.3 is 27.2 Å². The highest BCUT2D eigenvalue weighted by Crippen LogP contribution is 2.09. The number of carbonyl (C=O) groups excluding carboxylic acids is 1. The smallest absolute Gasteiger partial charge is 0.224 e. The van der Waals surface area contributed by atoms with Crippen molar-refractivity contribution < 1.29 is 9.90 Å². The fraction of sp³-hybridized carbons (Fsp3) is 0.611. The minimum atomic E-state index is 0.00324. The van der Waals surface area contributed by atoms with Gasteiger partial charge in [0.15, 0.2) is 0 Å². The van der Waals surface area contributed by atoms with Crippen LogP contribution >= 0.6 is 0 Å². The van der Waals surface area contributed by atoms with Crippen LogP contribution in [0.5, 0.6) is 5.75 Å². The molecule has 136 valence electrons. The van der Waals surface area contributed by atoms with Crippen molar-refractivity contribution in [1.29, 1.82) is 0 Å². The lowest BCUT2D eigenvalue weighted by atomic mass is 10.1. The molecule has 0 aliphatic rings. The Balaban J connectivity index is 2.14. The highest BCUT2D eigenvalue weighted by atomic mass is 16.3. The van der Waals surface area contributed by atoms with Crippen molar-refractivity contribution in [3.8, 4) is 5.75 Å². The Morgan fingerprint density at radius 2 is 1.62 bits per heavy atom. The summed E-state index contributed by atoms with van der Waals surface area (Å²) in [6, 6.07) is 7.17. The standard InChI is InChI=1S/C18H32N4O2/c19-10-1-4-16(5-2-11-20)21-12-3-13-22-18(24)14-15-6-8-17(23)9-7-15/h6-9,16,21,23H,1-5,10-14,19-20H2,(H,22,24). The molecule has 0 atom stereocenters. The maximum atomic E-state index is 11.9. The second kappa shape index (κ2) is 12.8. The van der Waals surface area contributed by atoms with E-state index in [-0.39, 0.29) is 11.7 Å². The predicted molar refractivity (Wildman–Crippen MR) is 97.8 cm³/mol. The largest absolute Gasteiger partial charge is 0.508 e. The topological polar surface area (TPSA) is 113 Å². The Morgan fingerprint density at radius 1 is 1.00 bits per heavy atom. The molecule has 0 bridgehead atoms. The fourth-order valence-electron chi connectivity index (χ4n) is 2.56. The molecule has 0 radical (unpaired) electrons. The Morgan fingerprint density at radius 3 is 2.21 bits per heavy atom. The van der Waals surface area contributed by atoms with Gasteiger partial charge in [0.25, 0.3) is 0 Å². The number of hydrogen-bond donors (Lipinski definition) is 5. The molecule has 1 rings (SSSR count). The van der Waals surface area contributed by atoms with Gasteiger partial charge in [-0.3, -0.25) is 4.79 Å². The van der Waals surface area contributed by atoms with E-state index in [0.29, 0.717) is 32.1 Å². The average molecular weight is 336 g/mol. The predicted octanol–water partition coefficient (Wildman–Crippen LogP) is 0.877. The molecule has 0 heterocycles. The van der Waals surface area contributed by atoms with Crippen molar-refractivity contribution in [3.05, 3.63) is 29.8 Å². The molecule has 0 saturated heterocycles. The van der Waals surface area contributed by atoms with Crippen LogP contribution in [0.4, 0.5) is 0 Å². The minimum Gasteiger partial charge on any atom is -0.508 e. The highest BCUT2D eigenvalue weighted by molar-refractivity contribution is 5.78. The summed E-state index contributed by atoms with van der Waals surface area (Å²) in [7, 11) is 0. The highest BCUT2D eigenvalue weighted by Gasteiger charge is 2.07. The number of carbonyl (C=O) groups is 1. The third kappa shape index (κ3) is 9.50. The zero-order valence-corrected chi connectivity index (χ0v) is 14.5. The zero-order chi connectivity index (χ0) is 17.6. The third-order valence-corrected chi connectivity index (χ3v) is 3.92. The normalized spacial score (nSPS) is 11.0. The Bertz CT molecular complexity index is 443. The number of nitrogens with one attached hydrogen (secondary N) is 2. The first kappa shape index (κ1) is 20.4. The number of aromatic hydroxyl groups is 1. The molecule has 7 N–H and O–H groups in total.